The van der Waals surface area contributed by atoms with Crippen LogP contribution in [-0.4, -0.2) is 30.8 Å². The molecule has 0 spiro atoms. The molecular formula is C21H20N2O5. The van der Waals surface area contributed by atoms with Crippen molar-refractivity contribution >= 4 is 29.0 Å². The fourth-order valence-electron chi connectivity index (χ4n) is 3.40. The Morgan fingerprint density at radius 2 is 1.25 bits per heavy atom. The summed E-state index contributed by atoms with van der Waals surface area (Å²) in [6, 6.07) is 11.1. The Kier molecular flexibility index (Phi) is 4.97. The Balaban J connectivity index is 1.37. The van der Waals surface area contributed by atoms with Crippen molar-refractivity contribution in [3.05, 3.63) is 47.5 Å². The zero-order chi connectivity index (χ0) is 19.5. The Bertz CT molecular complexity index is 878. The first-order chi connectivity index (χ1) is 13.6. The molecule has 2 amide bonds. The summed E-state index contributed by atoms with van der Waals surface area (Å²) in [5.41, 5.74) is 3.08. The highest BCUT2D eigenvalue weighted by molar-refractivity contribution is 5.97. The van der Waals surface area contributed by atoms with E-state index >= 15 is 0 Å². The second kappa shape index (κ2) is 7.72. The molecule has 7 nitrogen and oxygen atoms in total. The van der Waals surface area contributed by atoms with Crippen molar-refractivity contribution in [1.29, 1.82) is 0 Å². The molecule has 2 aromatic carbocycles. The second-order valence-electron chi connectivity index (χ2n) is 6.79. The van der Waals surface area contributed by atoms with Crippen molar-refractivity contribution in [2.75, 3.05) is 23.8 Å². The fourth-order valence-corrected chi connectivity index (χ4v) is 3.40. The van der Waals surface area contributed by atoms with Gasteiger partial charge in [0.15, 0.2) is 13.2 Å². The van der Waals surface area contributed by atoms with E-state index in [4.69, 9.17) is 9.47 Å². The lowest BCUT2D eigenvalue weighted by atomic mass is 9.99. The molecule has 0 aliphatic carbocycles. The SMILES string of the molecule is O=C(CCc1cccc2c1NC(=O)CO2)CCc1cccc2c1NC(=O)CO2. The second-order valence-corrected chi connectivity index (χ2v) is 6.79. The number of benzene rings is 2. The molecule has 144 valence electrons. The lowest BCUT2D eigenvalue weighted by Gasteiger charge is -2.21. The normalized spacial score (nSPS) is 14.7. The number of hydrogen-bond acceptors (Lipinski definition) is 5. The van der Waals surface area contributed by atoms with E-state index in [1.54, 1.807) is 12.1 Å². The highest BCUT2D eigenvalue weighted by Gasteiger charge is 2.20. The molecular weight excluding hydrogens is 360 g/mol. The number of carbonyl (C=O) groups excluding carboxylic acids is 3. The number of amides is 2. The van der Waals surface area contributed by atoms with Gasteiger partial charge in [-0.15, -0.1) is 0 Å². The van der Waals surface area contributed by atoms with Crippen LogP contribution in [0.4, 0.5) is 11.4 Å². The molecule has 0 unspecified atom stereocenters. The molecule has 0 saturated heterocycles. The Morgan fingerprint density at radius 3 is 1.71 bits per heavy atom. The van der Waals surface area contributed by atoms with Crippen LogP contribution in [0.1, 0.15) is 24.0 Å². The number of nitrogens with one attached hydrogen (secondary N) is 2. The Labute approximate surface area is 162 Å². The lowest BCUT2D eigenvalue weighted by molar-refractivity contribution is -0.119. The standard InChI is InChI=1S/C21H20N2O5/c24-15(9-7-13-3-1-5-16-20(13)22-18(25)11-27-16)10-8-14-4-2-6-17-21(14)23-19(26)12-28-17/h1-6H,7-12H2,(H,22,25)(H,23,26). The largest absolute Gasteiger partial charge is 0.482 e. The fraction of sp³-hybridized carbons (Fsp3) is 0.286. The molecule has 2 heterocycles. The molecule has 4 rings (SSSR count). The van der Waals surface area contributed by atoms with E-state index < -0.39 is 0 Å². The molecule has 0 saturated carbocycles. The molecule has 0 fully saturated rings. The zero-order valence-electron chi connectivity index (χ0n) is 15.2. The van der Waals surface area contributed by atoms with Crippen LogP contribution in [0.15, 0.2) is 36.4 Å². The predicted octanol–water partition coefficient (Wildman–Crippen LogP) is 2.48. The van der Waals surface area contributed by atoms with Gasteiger partial charge in [0.05, 0.1) is 11.4 Å². The smallest absolute Gasteiger partial charge is 0.262 e. The van der Waals surface area contributed by atoms with Gasteiger partial charge in [-0.3, -0.25) is 14.4 Å². The number of carbonyl (C=O) groups is 3. The summed E-state index contributed by atoms with van der Waals surface area (Å²) in [4.78, 5) is 35.6. The van der Waals surface area contributed by atoms with Gasteiger partial charge in [0.1, 0.15) is 17.3 Å². The lowest BCUT2D eigenvalue weighted by Crippen LogP contribution is -2.26. The molecule has 7 heteroatoms. The van der Waals surface area contributed by atoms with Crippen LogP contribution >= 0.6 is 0 Å². The molecule has 2 aromatic rings. The third-order valence-electron chi connectivity index (χ3n) is 4.82. The monoisotopic (exact) mass is 380 g/mol. The van der Waals surface area contributed by atoms with Crippen molar-refractivity contribution in [3.8, 4) is 11.5 Å². The van der Waals surface area contributed by atoms with Gasteiger partial charge in [0, 0.05) is 12.8 Å². The maximum atomic E-state index is 12.4. The number of ether oxygens (including phenoxy) is 2. The highest BCUT2D eigenvalue weighted by Crippen LogP contribution is 2.33. The van der Waals surface area contributed by atoms with Crippen LogP contribution in [-0.2, 0) is 27.2 Å². The number of Topliss-reactive ketones (excluding diaryl/α,β-unsaturated/α-hetero) is 1. The summed E-state index contributed by atoms with van der Waals surface area (Å²) in [6.45, 7) is 0.0219. The first-order valence-corrected chi connectivity index (χ1v) is 9.21. The van der Waals surface area contributed by atoms with Gasteiger partial charge < -0.3 is 20.1 Å². The van der Waals surface area contributed by atoms with E-state index in [0.29, 0.717) is 48.6 Å². The van der Waals surface area contributed by atoms with E-state index in [0.717, 1.165) is 11.1 Å². The summed E-state index contributed by atoms with van der Waals surface area (Å²) >= 11 is 0. The van der Waals surface area contributed by atoms with E-state index in [1.807, 2.05) is 24.3 Å². The van der Waals surface area contributed by atoms with Crippen LogP contribution in [0.5, 0.6) is 11.5 Å². The Morgan fingerprint density at radius 1 is 0.786 bits per heavy atom. The number of fused-ring (bicyclic) bond motifs is 2. The van der Waals surface area contributed by atoms with Crippen molar-refractivity contribution in [3.63, 3.8) is 0 Å². The molecule has 0 aromatic heterocycles. The van der Waals surface area contributed by atoms with Crippen LogP contribution in [0, 0.1) is 0 Å². The topological polar surface area (TPSA) is 93.7 Å². The van der Waals surface area contributed by atoms with Crippen molar-refractivity contribution in [1.82, 2.24) is 0 Å². The maximum absolute atomic E-state index is 12.4. The third-order valence-corrected chi connectivity index (χ3v) is 4.82. The van der Waals surface area contributed by atoms with Crippen molar-refractivity contribution in [2.24, 2.45) is 0 Å². The number of anilines is 2. The van der Waals surface area contributed by atoms with Gasteiger partial charge in [-0.1, -0.05) is 24.3 Å². The maximum Gasteiger partial charge on any atom is 0.262 e. The molecule has 2 aliphatic heterocycles. The molecule has 2 N–H and O–H groups in total. The molecule has 0 bridgehead atoms. The van der Waals surface area contributed by atoms with E-state index in [1.165, 1.54) is 0 Å². The summed E-state index contributed by atoms with van der Waals surface area (Å²) in [6.07, 6.45) is 1.78. The summed E-state index contributed by atoms with van der Waals surface area (Å²) < 4.78 is 10.8. The molecule has 2 aliphatic rings. The van der Waals surface area contributed by atoms with Crippen molar-refractivity contribution in [2.45, 2.75) is 25.7 Å². The molecule has 0 radical (unpaired) electrons. The van der Waals surface area contributed by atoms with Crippen LogP contribution in [0.3, 0.4) is 0 Å². The van der Waals surface area contributed by atoms with Gasteiger partial charge in [-0.25, -0.2) is 0 Å². The van der Waals surface area contributed by atoms with Crippen LogP contribution in [0.2, 0.25) is 0 Å². The van der Waals surface area contributed by atoms with Crippen LogP contribution in [0.25, 0.3) is 0 Å². The summed E-state index contributed by atoms with van der Waals surface area (Å²) in [7, 11) is 0. The minimum Gasteiger partial charge on any atom is -0.482 e. The minimum absolute atomic E-state index is 0.0109. The van der Waals surface area contributed by atoms with Gasteiger partial charge in [0.25, 0.3) is 11.8 Å². The third kappa shape index (κ3) is 3.83. The predicted molar refractivity (Wildman–Crippen MR) is 103 cm³/mol. The summed E-state index contributed by atoms with van der Waals surface area (Å²) in [5, 5.41) is 5.64. The van der Waals surface area contributed by atoms with E-state index in [-0.39, 0.29) is 30.8 Å². The first-order valence-electron chi connectivity index (χ1n) is 9.21. The van der Waals surface area contributed by atoms with Crippen LogP contribution < -0.4 is 20.1 Å². The van der Waals surface area contributed by atoms with Gasteiger partial charge in [-0.2, -0.15) is 0 Å². The van der Waals surface area contributed by atoms with E-state index in [2.05, 4.69) is 10.6 Å². The van der Waals surface area contributed by atoms with Gasteiger partial charge in [-0.05, 0) is 36.1 Å². The summed E-state index contributed by atoms with van der Waals surface area (Å²) in [5.74, 6) is 1.00. The number of para-hydroxylation sites is 2. The molecule has 28 heavy (non-hydrogen) atoms. The number of rotatable bonds is 6. The Hall–Kier alpha value is -3.35. The zero-order valence-corrected chi connectivity index (χ0v) is 15.2. The number of aryl methyl sites for hydroxylation is 2. The number of ketones is 1. The number of hydrogen-bond donors (Lipinski definition) is 2. The highest BCUT2D eigenvalue weighted by atomic mass is 16.5. The quantitative estimate of drug-likeness (QED) is 0.803. The first kappa shape index (κ1) is 18.0. The minimum atomic E-state index is -0.190. The average Bonchev–Trinajstić information content (AvgIpc) is 2.70. The van der Waals surface area contributed by atoms with Crippen molar-refractivity contribution < 1.29 is 23.9 Å². The van der Waals surface area contributed by atoms with E-state index in [9.17, 15) is 14.4 Å². The van der Waals surface area contributed by atoms with Gasteiger partial charge in [0.2, 0.25) is 0 Å². The average molecular weight is 380 g/mol. The molecule has 0 atom stereocenters. The van der Waals surface area contributed by atoms with Gasteiger partial charge >= 0.3 is 0 Å².